The van der Waals surface area contributed by atoms with Crippen LogP contribution in [0.5, 0.6) is 11.5 Å². The quantitative estimate of drug-likeness (QED) is 0.158. The third-order valence-corrected chi connectivity index (χ3v) is 9.89. The summed E-state index contributed by atoms with van der Waals surface area (Å²) in [6, 6.07) is 6.86. The highest BCUT2D eigenvalue weighted by Crippen LogP contribution is 2.53. The summed E-state index contributed by atoms with van der Waals surface area (Å²) < 4.78 is 10.9. The molecule has 0 spiro atoms. The number of phenolic OH excluding ortho intramolecular Hbond substituents is 1. The van der Waals surface area contributed by atoms with Crippen LogP contribution in [0.15, 0.2) is 53.0 Å². The Hall–Kier alpha value is -4.72. The number of aliphatic hydroxyl groups excluding tert-OH is 2. The number of nitrogens with zero attached hydrogens (tertiary/aromatic N) is 1. The maximum atomic E-state index is 14.2. The van der Waals surface area contributed by atoms with E-state index in [0.717, 1.165) is 5.56 Å². The number of hydrogen-bond donors (Lipinski definition) is 6. The number of aromatic hydroxyl groups is 1. The smallest absolute Gasteiger partial charge is 0.323 e. The van der Waals surface area contributed by atoms with E-state index in [4.69, 9.17) is 15.2 Å². The molecule has 0 bridgehead atoms. The molecule has 1 amide bonds. The number of carbonyl (C=O) groups is 4. The number of primary amides is 1. The Morgan fingerprint density at radius 1 is 1.10 bits per heavy atom. The number of likely N-dealkylation sites (N-methyl/N-ethyl adjacent to an activating group) is 1. The zero-order chi connectivity index (χ0) is 36.1. The van der Waals surface area contributed by atoms with Crippen LogP contribution in [-0.2, 0) is 32.1 Å². The number of methoxy groups -OCH3 is 1. The second-order valence-electron chi connectivity index (χ2n) is 13.3. The number of nitrogens with two attached hydrogens (primary N) is 1. The van der Waals surface area contributed by atoms with E-state index in [1.807, 2.05) is 26.0 Å². The summed E-state index contributed by atoms with van der Waals surface area (Å²) >= 11 is 0. The molecule has 5 atom stereocenters. The Kier molecular flexibility index (Phi) is 9.66. The minimum Gasteiger partial charge on any atom is -0.510 e. The predicted molar refractivity (Wildman–Crippen MR) is 178 cm³/mol. The van der Waals surface area contributed by atoms with Gasteiger partial charge in [0.2, 0.25) is 5.78 Å². The van der Waals surface area contributed by atoms with Gasteiger partial charge in [-0.3, -0.25) is 24.1 Å². The standard InChI is InChI=1S/C36H43N3O10/c1-7-49-35(46)28(16(2)3)38-15-17-8-11-24(48-6)20(12-17)19-9-10-23(40)26-21(19)13-18-14-22-29(39(4)5)31(42)27(34(37)45)33(44)36(22,47)32(43)25(18)30(26)41/h8-12,16,18,22,28-29,38,40,42-43,47H,7,13-15H2,1-6H3,(H2,37,45)/t18-,22+,28?,29-,36-/m0/s1. The highest BCUT2D eigenvalue weighted by molar-refractivity contribution is 6.25. The van der Waals surface area contributed by atoms with Crippen molar-refractivity contribution in [1.29, 1.82) is 0 Å². The molecule has 1 unspecified atom stereocenters. The molecule has 262 valence electrons. The van der Waals surface area contributed by atoms with E-state index in [1.54, 1.807) is 33.2 Å². The van der Waals surface area contributed by atoms with Crippen LogP contribution in [0, 0.1) is 17.8 Å². The van der Waals surface area contributed by atoms with Crippen LogP contribution in [0.25, 0.3) is 11.1 Å². The SMILES string of the molecule is CCOC(=O)C(NCc1ccc(OC)c(-c2ccc(O)c3c2C[C@H]2C[C@@H]4[C@H](N(C)C)C(O)=C(C(N)=O)C(=O)[C@@]4(O)C(O)=C2C3=O)c1)C(C)C. The number of phenols is 1. The van der Waals surface area contributed by atoms with Gasteiger partial charge >= 0.3 is 5.97 Å². The first kappa shape index (κ1) is 35.6. The van der Waals surface area contributed by atoms with Gasteiger partial charge in [0.05, 0.1) is 25.3 Å². The van der Waals surface area contributed by atoms with Crippen LogP contribution >= 0.6 is 0 Å². The lowest BCUT2D eigenvalue weighted by atomic mass is 9.58. The summed E-state index contributed by atoms with van der Waals surface area (Å²) in [6.45, 7) is 6.15. The van der Waals surface area contributed by atoms with E-state index in [-0.39, 0.29) is 48.2 Å². The summed E-state index contributed by atoms with van der Waals surface area (Å²) in [5, 5.41) is 48.8. The number of nitrogens with one attached hydrogen (secondary N) is 1. The van der Waals surface area contributed by atoms with Crippen LogP contribution in [0.4, 0.5) is 0 Å². The number of hydrogen-bond acceptors (Lipinski definition) is 12. The fourth-order valence-corrected chi connectivity index (χ4v) is 7.63. The van der Waals surface area contributed by atoms with Crippen molar-refractivity contribution in [2.24, 2.45) is 23.5 Å². The minimum absolute atomic E-state index is 0.0353. The van der Waals surface area contributed by atoms with E-state index in [0.29, 0.717) is 29.0 Å². The lowest BCUT2D eigenvalue weighted by Crippen LogP contribution is -2.63. The first-order chi connectivity index (χ1) is 23.1. The van der Waals surface area contributed by atoms with Crippen molar-refractivity contribution in [1.82, 2.24) is 10.2 Å². The summed E-state index contributed by atoms with van der Waals surface area (Å²) in [5.41, 5.74) is 3.95. The van der Waals surface area contributed by atoms with Gasteiger partial charge in [0.1, 0.15) is 34.6 Å². The molecule has 0 heterocycles. The molecule has 0 fully saturated rings. The van der Waals surface area contributed by atoms with Crippen LogP contribution in [0.2, 0.25) is 0 Å². The normalized spacial score (nSPS) is 24.1. The van der Waals surface area contributed by atoms with Crippen LogP contribution in [0.3, 0.4) is 0 Å². The average Bonchev–Trinajstić information content (AvgIpc) is 3.02. The van der Waals surface area contributed by atoms with Crippen LogP contribution < -0.4 is 15.8 Å². The fourth-order valence-electron chi connectivity index (χ4n) is 7.63. The number of ether oxygens (including phenoxy) is 2. The minimum atomic E-state index is -2.72. The molecule has 5 rings (SSSR count). The lowest BCUT2D eigenvalue weighted by molar-refractivity contribution is -0.148. The van der Waals surface area contributed by atoms with Gasteiger partial charge in [0.25, 0.3) is 5.91 Å². The predicted octanol–water partition coefficient (Wildman–Crippen LogP) is 2.47. The molecule has 49 heavy (non-hydrogen) atoms. The molecule has 2 aromatic rings. The monoisotopic (exact) mass is 677 g/mol. The van der Waals surface area contributed by atoms with Gasteiger partial charge in [-0.05, 0) is 80.6 Å². The second-order valence-corrected chi connectivity index (χ2v) is 13.3. The first-order valence-electron chi connectivity index (χ1n) is 16.2. The zero-order valence-corrected chi connectivity index (χ0v) is 28.4. The Morgan fingerprint density at radius 3 is 2.39 bits per heavy atom. The molecular formula is C36H43N3O10. The maximum absolute atomic E-state index is 14.2. The molecule has 0 aliphatic heterocycles. The van der Waals surface area contributed by atoms with Crippen molar-refractivity contribution in [3.63, 3.8) is 0 Å². The van der Waals surface area contributed by atoms with E-state index >= 15 is 0 Å². The van der Waals surface area contributed by atoms with Crippen molar-refractivity contribution in [3.05, 3.63) is 69.7 Å². The molecule has 3 aliphatic rings. The number of esters is 1. The van der Waals surface area contributed by atoms with Crippen LogP contribution in [0.1, 0.15) is 48.7 Å². The summed E-state index contributed by atoms with van der Waals surface area (Å²) in [4.78, 5) is 54.1. The highest BCUT2D eigenvalue weighted by Gasteiger charge is 2.63. The van der Waals surface area contributed by atoms with Gasteiger partial charge in [0.15, 0.2) is 11.4 Å². The molecule has 13 heteroatoms. The molecule has 0 radical (unpaired) electrons. The van der Waals surface area contributed by atoms with Gasteiger partial charge in [0, 0.05) is 23.6 Å². The molecule has 0 saturated heterocycles. The van der Waals surface area contributed by atoms with Gasteiger partial charge < -0.3 is 41.0 Å². The van der Waals surface area contributed by atoms with Crippen molar-refractivity contribution in [2.45, 2.75) is 57.8 Å². The molecule has 2 aromatic carbocycles. The molecule has 7 N–H and O–H groups in total. The maximum Gasteiger partial charge on any atom is 0.323 e. The number of Topliss-reactive ketones (excluding diaryl/α,β-unsaturated/α-hetero) is 2. The number of ketones is 2. The summed E-state index contributed by atoms with van der Waals surface area (Å²) in [7, 11) is 4.66. The Bertz CT molecular complexity index is 1790. The van der Waals surface area contributed by atoms with E-state index in [2.05, 4.69) is 5.32 Å². The highest BCUT2D eigenvalue weighted by atomic mass is 16.5. The molecular weight excluding hydrogens is 634 g/mol. The number of amides is 1. The Morgan fingerprint density at radius 2 is 1.80 bits per heavy atom. The third-order valence-electron chi connectivity index (χ3n) is 9.89. The Labute approximate surface area is 284 Å². The Balaban J connectivity index is 1.61. The first-order valence-corrected chi connectivity index (χ1v) is 16.2. The van der Waals surface area contributed by atoms with Crippen molar-refractivity contribution in [2.75, 3.05) is 27.8 Å². The van der Waals surface area contributed by atoms with Crippen molar-refractivity contribution < 1.29 is 49.1 Å². The number of rotatable bonds is 10. The van der Waals surface area contributed by atoms with E-state index in [1.165, 1.54) is 18.1 Å². The topological polar surface area (TPSA) is 209 Å². The number of carbonyl (C=O) groups excluding carboxylic acids is 4. The van der Waals surface area contributed by atoms with Crippen LogP contribution in [-0.4, -0.2) is 94.3 Å². The van der Waals surface area contributed by atoms with Crippen molar-refractivity contribution in [3.8, 4) is 22.6 Å². The molecule has 13 nitrogen and oxygen atoms in total. The average molecular weight is 678 g/mol. The van der Waals surface area contributed by atoms with E-state index in [9.17, 15) is 39.6 Å². The largest absolute Gasteiger partial charge is 0.510 e. The molecule has 0 aromatic heterocycles. The van der Waals surface area contributed by atoms with Gasteiger partial charge in [-0.1, -0.05) is 26.0 Å². The third kappa shape index (κ3) is 5.75. The van der Waals surface area contributed by atoms with Gasteiger partial charge in [-0.25, -0.2) is 0 Å². The number of fused-ring (bicyclic) bond motifs is 3. The summed E-state index contributed by atoms with van der Waals surface area (Å²) in [6.07, 6.45) is 0.0780. The number of benzene rings is 2. The van der Waals surface area contributed by atoms with E-state index < -0.39 is 64.1 Å². The van der Waals surface area contributed by atoms with Crippen molar-refractivity contribution >= 4 is 23.4 Å². The lowest BCUT2D eigenvalue weighted by Gasteiger charge is -2.50. The fraction of sp³-hybridized carbons (Fsp3) is 0.444. The zero-order valence-electron chi connectivity index (χ0n) is 28.4. The molecule has 0 saturated carbocycles. The molecule has 3 aliphatic carbocycles. The summed E-state index contributed by atoms with van der Waals surface area (Å²) in [5.74, 6) is -7.06. The number of aliphatic hydroxyl groups is 3. The van der Waals surface area contributed by atoms with Gasteiger partial charge in [-0.2, -0.15) is 0 Å². The second kappa shape index (κ2) is 13.3. The number of allylic oxidation sites excluding steroid dienone is 1. The van der Waals surface area contributed by atoms with Gasteiger partial charge in [-0.15, -0.1) is 0 Å².